The van der Waals surface area contributed by atoms with Crippen molar-refractivity contribution >= 4 is 66.0 Å². The molecule has 0 saturated heterocycles. The summed E-state index contributed by atoms with van der Waals surface area (Å²) in [6.07, 6.45) is 0. The number of rotatable bonds is 6. The fourth-order valence-electron chi connectivity index (χ4n) is 4.39. The largest absolute Gasteiger partial charge is 0.497 e. The quantitative estimate of drug-likeness (QED) is 0.241. The molecule has 4 aromatic carbocycles. The van der Waals surface area contributed by atoms with E-state index in [9.17, 15) is 14.4 Å². The van der Waals surface area contributed by atoms with Crippen LogP contribution in [0.5, 0.6) is 5.75 Å². The van der Waals surface area contributed by atoms with E-state index < -0.39 is 0 Å². The fraction of sp³-hybridized carbons (Fsp3) is 0.107. The van der Waals surface area contributed by atoms with Gasteiger partial charge in [-0.25, -0.2) is 0 Å². The molecule has 0 saturated carbocycles. The lowest BCUT2D eigenvalue weighted by Crippen LogP contribution is -2.46. The van der Waals surface area contributed by atoms with E-state index >= 15 is 0 Å². The van der Waals surface area contributed by atoms with Crippen LogP contribution in [0.1, 0.15) is 31.1 Å². The molecular weight excluding hydrogens is 588 g/mol. The van der Waals surface area contributed by atoms with Gasteiger partial charge in [-0.05, 0) is 60.0 Å². The first kappa shape index (κ1) is 24.2. The number of nitrogens with zero attached hydrogens (tertiary/aromatic N) is 2. The highest BCUT2D eigenvalue weighted by Crippen LogP contribution is 2.34. The summed E-state index contributed by atoms with van der Waals surface area (Å²) >= 11 is 6.91. The monoisotopic (exact) mass is 606 g/mol. The molecule has 4 aromatic rings. The van der Waals surface area contributed by atoms with Crippen molar-refractivity contribution in [3.63, 3.8) is 0 Å². The number of amides is 3. The van der Waals surface area contributed by atoms with Gasteiger partial charge in [0.15, 0.2) is 0 Å². The predicted molar refractivity (Wildman–Crippen MR) is 146 cm³/mol. The normalized spacial score (nSPS) is 12.7. The van der Waals surface area contributed by atoms with Gasteiger partial charge in [-0.3, -0.25) is 19.3 Å². The van der Waals surface area contributed by atoms with Crippen molar-refractivity contribution in [1.82, 2.24) is 4.90 Å². The number of carbonyl (C=O) groups excluding carboxylic acids is 3. The van der Waals surface area contributed by atoms with Crippen LogP contribution in [0.4, 0.5) is 5.69 Å². The first-order valence-corrected chi connectivity index (χ1v) is 12.8. The van der Waals surface area contributed by atoms with Crippen molar-refractivity contribution in [1.29, 1.82) is 0 Å². The van der Waals surface area contributed by atoms with Crippen LogP contribution in [0.25, 0.3) is 10.8 Å². The molecule has 0 unspecified atom stereocenters. The molecule has 1 aliphatic heterocycles. The molecule has 5 rings (SSSR count). The molecule has 0 radical (unpaired) electrons. The molecule has 0 spiro atoms. The van der Waals surface area contributed by atoms with Gasteiger partial charge in [0.05, 0.1) is 7.11 Å². The van der Waals surface area contributed by atoms with E-state index in [1.807, 2.05) is 12.1 Å². The van der Waals surface area contributed by atoms with E-state index in [4.69, 9.17) is 4.74 Å². The lowest BCUT2D eigenvalue weighted by molar-refractivity contribution is 0.0611. The van der Waals surface area contributed by atoms with Crippen LogP contribution < -0.4 is 9.64 Å². The molecule has 8 heteroatoms. The number of hydrogen-bond acceptors (Lipinski definition) is 4. The number of imide groups is 1. The molecule has 36 heavy (non-hydrogen) atoms. The highest BCUT2D eigenvalue weighted by molar-refractivity contribution is 9.11. The Morgan fingerprint density at radius 3 is 2.31 bits per heavy atom. The zero-order valence-corrected chi connectivity index (χ0v) is 22.4. The van der Waals surface area contributed by atoms with Crippen LogP contribution in [-0.2, 0) is 0 Å². The van der Waals surface area contributed by atoms with Gasteiger partial charge < -0.3 is 9.64 Å². The number of halogens is 2. The van der Waals surface area contributed by atoms with Crippen molar-refractivity contribution in [2.45, 2.75) is 0 Å². The minimum absolute atomic E-state index is 0.0308. The van der Waals surface area contributed by atoms with E-state index in [1.54, 1.807) is 78.7 Å². The van der Waals surface area contributed by atoms with Crippen LogP contribution in [0.2, 0.25) is 0 Å². The minimum atomic E-state index is -0.377. The van der Waals surface area contributed by atoms with Gasteiger partial charge in [0.25, 0.3) is 17.7 Å². The van der Waals surface area contributed by atoms with E-state index in [-0.39, 0.29) is 30.8 Å². The Morgan fingerprint density at radius 2 is 1.58 bits per heavy atom. The molecule has 0 aliphatic carbocycles. The number of benzene rings is 4. The Bertz CT molecular complexity index is 1500. The smallest absolute Gasteiger partial charge is 0.261 e. The third-order valence-corrected chi connectivity index (χ3v) is 7.41. The summed E-state index contributed by atoms with van der Waals surface area (Å²) in [5.41, 5.74) is 2.02. The Morgan fingerprint density at radius 1 is 0.889 bits per heavy atom. The molecule has 3 amide bonds. The Labute approximate surface area is 224 Å². The highest BCUT2D eigenvalue weighted by Gasteiger charge is 2.33. The zero-order chi connectivity index (χ0) is 25.4. The second kappa shape index (κ2) is 9.87. The van der Waals surface area contributed by atoms with E-state index in [1.165, 1.54) is 4.90 Å². The predicted octanol–water partition coefficient (Wildman–Crippen LogP) is 6.32. The minimum Gasteiger partial charge on any atom is -0.497 e. The Hall–Kier alpha value is -3.49. The highest BCUT2D eigenvalue weighted by atomic mass is 79.9. The van der Waals surface area contributed by atoms with Gasteiger partial charge in [0.1, 0.15) is 5.75 Å². The molecule has 0 bridgehead atoms. The van der Waals surface area contributed by atoms with Crippen molar-refractivity contribution in [2.75, 3.05) is 25.1 Å². The van der Waals surface area contributed by atoms with E-state index in [0.29, 0.717) is 33.5 Å². The van der Waals surface area contributed by atoms with Crippen molar-refractivity contribution in [3.05, 3.63) is 104 Å². The maximum atomic E-state index is 13.6. The molecule has 1 heterocycles. The lowest BCUT2D eigenvalue weighted by atomic mass is 9.94. The van der Waals surface area contributed by atoms with Crippen molar-refractivity contribution < 1.29 is 19.1 Å². The van der Waals surface area contributed by atoms with Crippen LogP contribution in [0.3, 0.4) is 0 Å². The van der Waals surface area contributed by atoms with Gasteiger partial charge in [-0.2, -0.15) is 0 Å². The summed E-state index contributed by atoms with van der Waals surface area (Å²) < 4.78 is 7.03. The summed E-state index contributed by atoms with van der Waals surface area (Å²) in [5, 5.41) is 1.46. The molecule has 6 nitrogen and oxygen atoms in total. The third-order valence-electron chi connectivity index (χ3n) is 6.19. The zero-order valence-electron chi connectivity index (χ0n) is 19.2. The van der Waals surface area contributed by atoms with E-state index in [0.717, 1.165) is 14.3 Å². The molecule has 0 fully saturated rings. The first-order chi connectivity index (χ1) is 17.4. The van der Waals surface area contributed by atoms with Gasteiger partial charge >= 0.3 is 0 Å². The van der Waals surface area contributed by atoms with Crippen LogP contribution >= 0.6 is 31.9 Å². The second-order valence-electron chi connectivity index (χ2n) is 8.25. The topological polar surface area (TPSA) is 66.9 Å². The maximum absolute atomic E-state index is 13.6. The Balaban J connectivity index is 1.49. The third kappa shape index (κ3) is 4.31. The standard InChI is InChI=1S/C28H20Br2N2O4/c1-36-20-5-2-4-19(16-20)31(26(33)17-8-10-18(29)11-9-17)14-15-32-27(34)22-7-3-6-21-24(30)13-12-23(25(21)22)28(32)35/h2-13,16H,14-15H2,1H3. The van der Waals surface area contributed by atoms with Gasteiger partial charge in [-0.15, -0.1) is 0 Å². The number of ether oxygens (including phenoxy) is 1. The van der Waals surface area contributed by atoms with Crippen LogP contribution in [-0.4, -0.2) is 42.8 Å². The maximum Gasteiger partial charge on any atom is 0.261 e. The molecule has 1 aliphatic rings. The number of carbonyl (C=O) groups is 3. The number of hydrogen-bond donors (Lipinski definition) is 0. The van der Waals surface area contributed by atoms with Crippen LogP contribution in [0.15, 0.2) is 87.8 Å². The van der Waals surface area contributed by atoms with Gasteiger partial charge in [0.2, 0.25) is 0 Å². The van der Waals surface area contributed by atoms with Gasteiger partial charge in [-0.1, -0.05) is 50.1 Å². The SMILES string of the molecule is COc1cccc(N(CCN2C(=O)c3cccc4c(Br)ccc(c34)C2=O)C(=O)c2ccc(Br)cc2)c1. The fourth-order valence-corrected chi connectivity index (χ4v) is 5.12. The second-order valence-corrected chi connectivity index (χ2v) is 10.0. The molecule has 180 valence electrons. The average molecular weight is 608 g/mol. The van der Waals surface area contributed by atoms with Crippen LogP contribution in [0, 0.1) is 0 Å². The lowest BCUT2D eigenvalue weighted by Gasteiger charge is -2.30. The Kier molecular flexibility index (Phi) is 6.64. The summed E-state index contributed by atoms with van der Waals surface area (Å²) in [6, 6.07) is 23.1. The molecule has 0 N–H and O–H groups in total. The summed E-state index contributed by atoms with van der Waals surface area (Å²) in [7, 11) is 1.56. The van der Waals surface area contributed by atoms with Crippen molar-refractivity contribution in [3.8, 4) is 5.75 Å². The average Bonchev–Trinajstić information content (AvgIpc) is 2.90. The number of anilines is 1. The summed E-state index contributed by atoms with van der Waals surface area (Å²) in [5.74, 6) is -0.410. The van der Waals surface area contributed by atoms with Gasteiger partial charge in [0, 0.05) is 55.9 Å². The number of methoxy groups -OCH3 is 1. The molecular formula is C28H20Br2N2O4. The molecule has 0 atom stereocenters. The van der Waals surface area contributed by atoms with E-state index in [2.05, 4.69) is 31.9 Å². The summed E-state index contributed by atoms with van der Waals surface area (Å²) in [6.45, 7) is 0.143. The first-order valence-electron chi connectivity index (χ1n) is 11.2. The summed E-state index contributed by atoms with van der Waals surface area (Å²) in [4.78, 5) is 43.2. The molecule has 0 aromatic heterocycles. The van der Waals surface area contributed by atoms with Crippen molar-refractivity contribution in [2.24, 2.45) is 0 Å².